The highest BCUT2D eigenvalue weighted by Crippen LogP contribution is 2.25. The second-order valence-corrected chi connectivity index (χ2v) is 3.28. The molecule has 0 fully saturated rings. The number of hydrogen-bond donors (Lipinski definition) is 0. The smallest absolute Gasteiger partial charge is 0.130 e. The fourth-order valence-electron chi connectivity index (χ4n) is 0.545. The summed E-state index contributed by atoms with van der Waals surface area (Å²) in [6.07, 6.45) is 3.60. The van der Waals surface area contributed by atoms with Crippen molar-refractivity contribution in [1.29, 1.82) is 0 Å². The van der Waals surface area contributed by atoms with E-state index in [0.717, 1.165) is 4.90 Å². The number of nitrogens with zero attached hydrogens (tertiary/aromatic N) is 1. The van der Waals surface area contributed by atoms with Crippen LogP contribution in [0, 0.1) is 0 Å². The summed E-state index contributed by atoms with van der Waals surface area (Å²) < 4.78 is 0. The van der Waals surface area contributed by atoms with E-state index in [0.29, 0.717) is 10.2 Å². The van der Waals surface area contributed by atoms with Crippen LogP contribution >= 0.6 is 35.0 Å². The third-order valence-electron chi connectivity index (χ3n) is 1.01. The molecule has 1 aromatic heterocycles. The zero-order chi connectivity index (χ0) is 7.56. The molecular weight excluding hydrogens is 189 g/mol. The van der Waals surface area contributed by atoms with Gasteiger partial charge in [-0.1, -0.05) is 23.2 Å². The molecule has 1 rings (SSSR count). The minimum Gasteiger partial charge on any atom is -0.243 e. The number of halogens is 2. The Morgan fingerprint density at radius 3 is 2.70 bits per heavy atom. The molecule has 0 N–H and O–H groups in total. The van der Waals surface area contributed by atoms with E-state index in [9.17, 15) is 0 Å². The van der Waals surface area contributed by atoms with Crippen LogP contribution in [0.3, 0.4) is 0 Å². The topological polar surface area (TPSA) is 12.9 Å². The monoisotopic (exact) mass is 193 g/mol. The van der Waals surface area contributed by atoms with Gasteiger partial charge in [-0.25, -0.2) is 4.98 Å². The van der Waals surface area contributed by atoms with Gasteiger partial charge in [0.1, 0.15) is 5.15 Å². The minimum atomic E-state index is 0.433. The van der Waals surface area contributed by atoms with Crippen LogP contribution in [0.25, 0.3) is 0 Å². The molecular formula is C6H5Cl2NS. The maximum Gasteiger partial charge on any atom is 0.130 e. The summed E-state index contributed by atoms with van der Waals surface area (Å²) in [5.41, 5.74) is 0. The lowest BCUT2D eigenvalue weighted by Gasteiger charge is -1.97. The molecule has 10 heavy (non-hydrogen) atoms. The Hall–Kier alpha value is 0.0800. The molecule has 0 bridgehead atoms. The van der Waals surface area contributed by atoms with E-state index in [2.05, 4.69) is 4.98 Å². The van der Waals surface area contributed by atoms with Gasteiger partial charge in [0.15, 0.2) is 0 Å². The van der Waals surface area contributed by atoms with Gasteiger partial charge in [-0.2, -0.15) is 0 Å². The van der Waals surface area contributed by atoms with E-state index in [1.54, 1.807) is 24.0 Å². The van der Waals surface area contributed by atoms with Crippen LogP contribution in [0.2, 0.25) is 10.2 Å². The molecule has 1 heterocycles. The Bertz CT molecular complexity index is 239. The molecule has 0 amide bonds. The molecule has 0 atom stereocenters. The van der Waals surface area contributed by atoms with E-state index >= 15 is 0 Å². The summed E-state index contributed by atoms with van der Waals surface area (Å²) >= 11 is 12.9. The quantitative estimate of drug-likeness (QED) is 0.503. The van der Waals surface area contributed by atoms with E-state index in [4.69, 9.17) is 23.2 Å². The first-order valence-corrected chi connectivity index (χ1v) is 4.57. The molecule has 0 spiro atoms. The Labute approximate surface area is 73.7 Å². The lowest BCUT2D eigenvalue weighted by molar-refractivity contribution is 1.24. The molecule has 4 heteroatoms. The molecule has 54 valence electrons. The van der Waals surface area contributed by atoms with Crippen molar-refractivity contribution in [2.45, 2.75) is 4.90 Å². The highest BCUT2D eigenvalue weighted by molar-refractivity contribution is 7.98. The van der Waals surface area contributed by atoms with Crippen molar-refractivity contribution in [2.24, 2.45) is 0 Å². The van der Waals surface area contributed by atoms with Crippen LogP contribution in [0.5, 0.6) is 0 Å². The summed E-state index contributed by atoms with van der Waals surface area (Å²) in [5.74, 6) is 0. The van der Waals surface area contributed by atoms with Crippen molar-refractivity contribution in [3.05, 3.63) is 22.4 Å². The predicted octanol–water partition coefficient (Wildman–Crippen LogP) is 3.11. The van der Waals surface area contributed by atoms with Crippen molar-refractivity contribution in [3.8, 4) is 0 Å². The zero-order valence-corrected chi connectivity index (χ0v) is 7.59. The van der Waals surface area contributed by atoms with E-state index < -0.39 is 0 Å². The first kappa shape index (κ1) is 8.18. The predicted molar refractivity (Wildman–Crippen MR) is 46.0 cm³/mol. The summed E-state index contributed by atoms with van der Waals surface area (Å²) in [7, 11) is 0. The number of pyridine rings is 1. The second-order valence-electron chi connectivity index (χ2n) is 1.64. The van der Waals surface area contributed by atoms with Gasteiger partial charge in [0, 0.05) is 11.1 Å². The average molecular weight is 194 g/mol. The fourth-order valence-corrected chi connectivity index (χ4v) is 1.55. The van der Waals surface area contributed by atoms with Gasteiger partial charge >= 0.3 is 0 Å². The number of rotatable bonds is 1. The van der Waals surface area contributed by atoms with Crippen molar-refractivity contribution in [3.63, 3.8) is 0 Å². The van der Waals surface area contributed by atoms with E-state index in [-0.39, 0.29) is 0 Å². The summed E-state index contributed by atoms with van der Waals surface area (Å²) in [6.45, 7) is 0. The van der Waals surface area contributed by atoms with E-state index in [1.165, 1.54) is 0 Å². The van der Waals surface area contributed by atoms with Crippen LogP contribution in [0.4, 0.5) is 0 Å². The fraction of sp³-hybridized carbons (Fsp3) is 0.167. The summed E-state index contributed by atoms with van der Waals surface area (Å²) in [6, 6.07) is 1.63. The third kappa shape index (κ3) is 1.78. The molecule has 1 aromatic rings. The molecule has 0 unspecified atom stereocenters. The SMILES string of the molecule is CSc1cnc(Cl)cc1Cl. The Morgan fingerprint density at radius 2 is 2.20 bits per heavy atom. The average Bonchev–Trinajstić information content (AvgIpc) is 1.88. The number of hydrogen-bond acceptors (Lipinski definition) is 2. The first-order chi connectivity index (χ1) is 4.74. The Kier molecular flexibility index (Phi) is 2.83. The van der Waals surface area contributed by atoms with Crippen molar-refractivity contribution in [1.82, 2.24) is 4.98 Å². The van der Waals surface area contributed by atoms with Crippen molar-refractivity contribution >= 4 is 35.0 Å². The maximum atomic E-state index is 5.78. The maximum absolute atomic E-state index is 5.78. The molecule has 0 aromatic carbocycles. The normalized spacial score (nSPS) is 9.90. The lowest BCUT2D eigenvalue weighted by Crippen LogP contribution is -1.77. The highest BCUT2D eigenvalue weighted by atomic mass is 35.5. The Morgan fingerprint density at radius 1 is 1.50 bits per heavy atom. The summed E-state index contributed by atoms with van der Waals surface area (Å²) in [4.78, 5) is 4.82. The van der Waals surface area contributed by atoms with Gasteiger partial charge < -0.3 is 0 Å². The Balaban J connectivity index is 3.07. The largest absolute Gasteiger partial charge is 0.243 e. The third-order valence-corrected chi connectivity index (χ3v) is 2.40. The van der Waals surface area contributed by atoms with Crippen LogP contribution in [-0.2, 0) is 0 Å². The van der Waals surface area contributed by atoms with Gasteiger partial charge in [0.25, 0.3) is 0 Å². The number of thioether (sulfide) groups is 1. The van der Waals surface area contributed by atoms with Gasteiger partial charge in [-0.15, -0.1) is 11.8 Å². The van der Waals surface area contributed by atoms with Gasteiger partial charge in [-0.05, 0) is 12.3 Å². The van der Waals surface area contributed by atoms with Gasteiger partial charge in [0.05, 0.1) is 5.02 Å². The van der Waals surface area contributed by atoms with Crippen LogP contribution in [0.1, 0.15) is 0 Å². The number of aromatic nitrogens is 1. The standard InChI is InChI=1S/C6H5Cl2NS/c1-10-5-3-9-6(8)2-4(5)7/h2-3H,1H3. The minimum absolute atomic E-state index is 0.433. The molecule has 0 aliphatic heterocycles. The molecule has 0 aliphatic rings. The zero-order valence-electron chi connectivity index (χ0n) is 5.27. The van der Waals surface area contributed by atoms with Crippen LogP contribution in [-0.4, -0.2) is 11.2 Å². The van der Waals surface area contributed by atoms with Crippen LogP contribution in [0.15, 0.2) is 17.2 Å². The second kappa shape index (κ2) is 3.46. The molecule has 0 saturated carbocycles. The van der Waals surface area contributed by atoms with Gasteiger partial charge in [-0.3, -0.25) is 0 Å². The van der Waals surface area contributed by atoms with Crippen molar-refractivity contribution in [2.75, 3.05) is 6.26 Å². The molecule has 0 saturated heterocycles. The van der Waals surface area contributed by atoms with Gasteiger partial charge in [0.2, 0.25) is 0 Å². The first-order valence-electron chi connectivity index (χ1n) is 2.59. The summed E-state index contributed by atoms with van der Waals surface area (Å²) in [5, 5.41) is 1.09. The van der Waals surface area contributed by atoms with Crippen LogP contribution < -0.4 is 0 Å². The lowest BCUT2D eigenvalue weighted by atomic mass is 10.5. The molecule has 0 radical (unpaired) electrons. The van der Waals surface area contributed by atoms with E-state index in [1.807, 2.05) is 6.26 Å². The highest BCUT2D eigenvalue weighted by Gasteiger charge is 1.98. The molecule has 0 aliphatic carbocycles. The molecule has 1 nitrogen and oxygen atoms in total. The van der Waals surface area contributed by atoms with Crippen molar-refractivity contribution < 1.29 is 0 Å².